The van der Waals surface area contributed by atoms with Crippen molar-refractivity contribution in [1.29, 1.82) is 0 Å². The number of phosphoric ester groups is 1. The molecule has 0 saturated carbocycles. The minimum absolute atomic E-state index is 0.0120. The van der Waals surface area contributed by atoms with Gasteiger partial charge in [-0.3, -0.25) is 13.8 Å². The summed E-state index contributed by atoms with van der Waals surface area (Å²) in [6.07, 6.45) is 45.1. The van der Waals surface area contributed by atoms with Gasteiger partial charge in [0.05, 0.1) is 19.5 Å². The van der Waals surface area contributed by atoms with Crippen molar-refractivity contribution in [1.82, 2.24) is 0 Å². The van der Waals surface area contributed by atoms with Gasteiger partial charge in [-0.25, -0.2) is 4.57 Å². The summed E-state index contributed by atoms with van der Waals surface area (Å²) in [5.41, 5.74) is 5.35. The summed E-state index contributed by atoms with van der Waals surface area (Å²) >= 11 is 0. The van der Waals surface area contributed by atoms with E-state index in [1.165, 1.54) is 116 Å². The van der Waals surface area contributed by atoms with Gasteiger partial charge in [0, 0.05) is 13.0 Å². The molecule has 0 spiro atoms. The Balaban J connectivity index is 4.22. The zero-order valence-electron chi connectivity index (χ0n) is 32.1. The topological polar surface area (TPSA) is 117 Å². The largest absolute Gasteiger partial charge is 0.498 e. The molecule has 2 atom stereocenters. The van der Waals surface area contributed by atoms with Crippen LogP contribution in [0.1, 0.15) is 174 Å². The monoisotopic (exact) mass is 726 g/mol. The summed E-state index contributed by atoms with van der Waals surface area (Å²) in [6.45, 7) is 4.17. The van der Waals surface area contributed by atoms with Crippen molar-refractivity contribution < 1.29 is 32.8 Å². The Bertz CT molecular complexity index is 905. The van der Waals surface area contributed by atoms with E-state index < -0.39 is 19.9 Å². The van der Waals surface area contributed by atoms with Crippen LogP contribution in [0.4, 0.5) is 0 Å². The fraction of sp³-hybridized carbons (Fsp3) is 0.780. The van der Waals surface area contributed by atoms with Crippen LogP contribution in [0.15, 0.2) is 48.8 Å². The third-order valence-electron chi connectivity index (χ3n) is 8.31. The number of hydrogen-bond donors (Lipinski definition) is 2. The first-order chi connectivity index (χ1) is 24.4. The maximum Gasteiger partial charge on any atom is 0.472 e. The lowest BCUT2D eigenvalue weighted by molar-refractivity contribution is -0.153. The van der Waals surface area contributed by atoms with Crippen molar-refractivity contribution in [2.24, 2.45) is 5.73 Å². The van der Waals surface area contributed by atoms with Crippen molar-refractivity contribution in [2.45, 2.75) is 180 Å². The molecule has 9 heteroatoms. The summed E-state index contributed by atoms with van der Waals surface area (Å²) < 4.78 is 33.0. The predicted molar refractivity (Wildman–Crippen MR) is 210 cm³/mol. The van der Waals surface area contributed by atoms with E-state index in [0.29, 0.717) is 6.42 Å². The van der Waals surface area contributed by atoms with Gasteiger partial charge in [-0.1, -0.05) is 153 Å². The molecule has 0 rings (SSSR count). The van der Waals surface area contributed by atoms with Gasteiger partial charge in [0.25, 0.3) is 0 Å². The number of phosphoric acid groups is 1. The Labute approximate surface area is 307 Å². The van der Waals surface area contributed by atoms with Gasteiger partial charge >= 0.3 is 13.8 Å². The lowest BCUT2D eigenvalue weighted by Crippen LogP contribution is -2.27. The summed E-state index contributed by atoms with van der Waals surface area (Å²) in [7, 11) is -4.30. The molecule has 0 aromatic heterocycles. The third kappa shape index (κ3) is 37.6. The van der Waals surface area contributed by atoms with Crippen LogP contribution < -0.4 is 5.73 Å². The highest BCUT2D eigenvalue weighted by Gasteiger charge is 2.25. The third-order valence-corrected chi connectivity index (χ3v) is 9.30. The molecule has 0 aliphatic rings. The van der Waals surface area contributed by atoms with Crippen LogP contribution in [0.5, 0.6) is 0 Å². The van der Waals surface area contributed by atoms with E-state index in [0.717, 1.165) is 32.1 Å². The second-order valence-corrected chi connectivity index (χ2v) is 14.7. The highest BCUT2D eigenvalue weighted by Crippen LogP contribution is 2.43. The second kappa shape index (κ2) is 38.5. The average molecular weight is 726 g/mol. The van der Waals surface area contributed by atoms with Crippen LogP contribution in [0.2, 0.25) is 0 Å². The minimum atomic E-state index is -4.30. The smallest absolute Gasteiger partial charge is 0.472 e. The fourth-order valence-electron chi connectivity index (χ4n) is 5.33. The van der Waals surface area contributed by atoms with E-state index in [9.17, 15) is 14.3 Å². The van der Waals surface area contributed by atoms with E-state index in [1.807, 2.05) is 6.08 Å². The maximum absolute atomic E-state index is 12.5. The summed E-state index contributed by atoms with van der Waals surface area (Å²) in [5.74, 6) is -0.403. The van der Waals surface area contributed by atoms with Crippen molar-refractivity contribution in [3.63, 3.8) is 0 Å². The van der Waals surface area contributed by atoms with Crippen molar-refractivity contribution in [3.05, 3.63) is 48.8 Å². The predicted octanol–water partition coefficient (Wildman–Crippen LogP) is 12.0. The van der Waals surface area contributed by atoms with Gasteiger partial charge in [0.1, 0.15) is 6.61 Å². The van der Waals surface area contributed by atoms with E-state index >= 15 is 0 Å². The average Bonchev–Trinajstić information content (AvgIpc) is 3.10. The molecule has 3 N–H and O–H groups in total. The van der Waals surface area contributed by atoms with Gasteiger partial charge in [-0.15, -0.1) is 0 Å². The number of carbonyl (C=O) groups is 1. The maximum atomic E-state index is 12.5. The number of allylic oxidation sites excluding steroid dienone is 7. The summed E-state index contributed by atoms with van der Waals surface area (Å²) in [5, 5.41) is 0. The number of esters is 1. The van der Waals surface area contributed by atoms with Gasteiger partial charge in [-0.05, 0) is 57.4 Å². The molecule has 50 heavy (non-hydrogen) atoms. The van der Waals surface area contributed by atoms with E-state index in [-0.39, 0.29) is 32.8 Å². The molecule has 0 heterocycles. The highest BCUT2D eigenvalue weighted by molar-refractivity contribution is 7.47. The van der Waals surface area contributed by atoms with Gasteiger partial charge in [0.2, 0.25) is 0 Å². The number of unbranched alkanes of at least 4 members (excludes halogenated alkanes) is 19. The van der Waals surface area contributed by atoms with Crippen LogP contribution in [0.3, 0.4) is 0 Å². The second-order valence-electron chi connectivity index (χ2n) is 13.2. The van der Waals surface area contributed by atoms with E-state index in [2.05, 4.69) is 50.3 Å². The van der Waals surface area contributed by atoms with Gasteiger partial charge in [0.15, 0.2) is 6.10 Å². The first kappa shape index (κ1) is 48.3. The molecule has 2 unspecified atom stereocenters. The van der Waals surface area contributed by atoms with Crippen LogP contribution in [-0.4, -0.2) is 43.3 Å². The molecule has 0 bridgehead atoms. The molecule has 292 valence electrons. The van der Waals surface area contributed by atoms with Crippen LogP contribution in [0.25, 0.3) is 0 Å². The lowest BCUT2D eigenvalue weighted by Gasteiger charge is -2.19. The molecule has 0 fully saturated rings. The Morgan fingerprint density at radius 1 is 0.620 bits per heavy atom. The molecular formula is C41H76NO7P. The number of ether oxygens (including phenoxy) is 2. The Kier molecular flexibility index (Phi) is 37.2. The Morgan fingerprint density at radius 3 is 1.60 bits per heavy atom. The minimum Gasteiger partial charge on any atom is -0.498 e. The fourth-order valence-corrected chi connectivity index (χ4v) is 6.10. The standard InChI is InChI=1S/C41H76NO7P/c1-3-5-7-9-11-13-15-17-19-20-21-22-24-26-28-30-32-34-41(43)49-40(39-48-50(44,45)47-37-35-42)38-46-36-33-31-29-27-25-23-18-16-14-12-10-8-6-4-2/h17,19,21-22,26,28,33,36,40H,3-16,18,20,23-25,27,29-32,34-35,37-39,42H2,1-2H3,(H,44,45). The highest BCUT2D eigenvalue weighted by atomic mass is 31.2. The molecule has 0 saturated heterocycles. The van der Waals surface area contributed by atoms with Crippen molar-refractivity contribution in [2.75, 3.05) is 26.4 Å². The normalized spacial score (nSPS) is 14.0. The van der Waals surface area contributed by atoms with E-state index in [4.69, 9.17) is 24.3 Å². The zero-order chi connectivity index (χ0) is 36.6. The molecule has 0 aliphatic heterocycles. The van der Waals surface area contributed by atoms with Crippen LogP contribution in [0, 0.1) is 0 Å². The molecule has 0 amide bonds. The van der Waals surface area contributed by atoms with Crippen molar-refractivity contribution in [3.8, 4) is 0 Å². The number of carbonyl (C=O) groups excluding carboxylic acids is 1. The molecule has 0 aromatic carbocycles. The number of nitrogens with two attached hydrogens (primary N) is 1. The number of hydrogen-bond acceptors (Lipinski definition) is 7. The van der Waals surface area contributed by atoms with Crippen LogP contribution in [-0.2, 0) is 27.9 Å². The van der Waals surface area contributed by atoms with Crippen LogP contribution >= 0.6 is 7.82 Å². The van der Waals surface area contributed by atoms with E-state index in [1.54, 1.807) is 6.26 Å². The molecule has 0 aromatic rings. The molecule has 0 aliphatic carbocycles. The summed E-state index contributed by atoms with van der Waals surface area (Å²) in [4.78, 5) is 22.4. The SMILES string of the molecule is CCCCCCCCC=CCC=CCC=CCCCC(=O)OC(COC=CCCCCCCCCCCCCCC)COP(=O)(O)OCCN. The molecular weight excluding hydrogens is 649 g/mol. The summed E-state index contributed by atoms with van der Waals surface area (Å²) in [6, 6.07) is 0. The quantitative estimate of drug-likeness (QED) is 0.0212. The Hall–Kier alpha value is -1.70. The first-order valence-electron chi connectivity index (χ1n) is 20.2. The zero-order valence-corrected chi connectivity index (χ0v) is 33.0. The first-order valence-corrected chi connectivity index (χ1v) is 21.7. The Morgan fingerprint density at radius 2 is 1.08 bits per heavy atom. The number of rotatable bonds is 38. The lowest BCUT2D eigenvalue weighted by atomic mass is 10.0. The van der Waals surface area contributed by atoms with Gasteiger partial charge in [-0.2, -0.15) is 0 Å². The van der Waals surface area contributed by atoms with Crippen molar-refractivity contribution >= 4 is 13.8 Å². The molecule has 8 nitrogen and oxygen atoms in total. The van der Waals surface area contributed by atoms with Gasteiger partial charge < -0.3 is 20.1 Å². The molecule has 0 radical (unpaired) electrons.